The first-order valence-electron chi connectivity index (χ1n) is 8.34. The molecular weight excluding hydrogens is 322 g/mol. The molecule has 0 radical (unpaired) electrons. The number of carbonyl (C=O) groups is 1. The summed E-state index contributed by atoms with van der Waals surface area (Å²) in [7, 11) is 3.66. The summed E-state index contributed by atoms with van der Waals surface area (Å²) in [5, 5.41) is 3.01. The molecule has 0 saturated carbocycles. The highest BCUT2D eigenvalue weighted by Gasteiger charge is 2.21. The zero-order valence-corrected chi connectivity index (χ0v) is 14.5. The molecule has 1 aromatic carbocycles. The van der Waals surface area contributed by atoms with Gasteiger partial charge in [0.2, 0.25) is 5.89 Å². The predicted molar refractivity (Wildman–Crippen MR) is 91.8 cm³/mol. The van der Waals surface area contributed by atoms with Gasteiger partial charge in [-0.15, -0.1) is 0 Å². The normalized spacial score (nSPS) is 17.9. The van der Waals surface area contributed by atoms with Gasteiger partial charge in [0.15, 0.2) is 12.3 Å². The maximum atomic E-state index is 12.3. The van der Waals surface area contributed by atoms with Crippen molar-refractivity contribution in [1.29, 1.82) is 0 Å². The van der Waals surface area contributed by atoms with Crippen LogP contribution in [0.4, 0.5) is 0 Å². The van der Waals surface area contributed by atoms with Gasteiger partial charge in [0.1, 0.15) is 17.8 Å². The molecule has 7 nitrogen and oxygen atoms in total. The van der Waals surface area contributed by atoms with Gasteiger partial charge >= 0.3 is 0 Å². The second-order valence-electron chi connectivity index (χ2n) is 6.17. The number of hydrogen-bond donors (Lipinski definition) is 1. The van der Waals surface area contributed by atoms with Crippen LogP contribution in [0.1, 0.15) is 29.2 Å². The van der Waals surface area contributed by atoms with Gasteiger partial charge in [-0.3, -0.25) is 4.79 Å². The number of amides is 1. The van der Waals surface area contributed by atoms with E-state index in [2.05, 4.69) is 22.2 Å². The van der Waals surface area contributed by atoms with Crippen LogP contribution < -0.4 is 14.8 Å². The summed E-state index contributed by atoms with van der Waals surface area (Å²) < 4.78 is 16.1. The molecule has 25 heavy (non-hydrogen) atoms. The molecule has 1 aliphatic heterocycles. The number of piperidine rings is 1. The van der Waals surface area contributed by atoms with Crippen LogP contribution in [0, 0.1) is 0 Å². The van der Waals surface area contributed by atoms with E-state index in [9.17, 15) is 4.79 Å². The highest BCUT2D eigenvalue weighted by molar-refractivity contribution is 5.92. The van der Waals surface area contributed by atoms with Gasteiger partial charge in [-0.1, -0.05) is 6.07 Å². The second kappa shape index (κ2) is 8.02. The van der Waals surface area contributed by atoms with Crippen LogP contribution in [-0.2, 0) is 6.61 Å². The summed E-state index contributed by atoms with van der Waals surface area (Å²) in [4.78, 5) is 18.7. The highest BCUT2D eigenvalue weighted by atomic mass is 16.5. The van der Waals surface area contributed by atoms with Crippen molar-refractivity contribution < 1.29 is 18.7 Å². The van der Waals surface area contributed by atoms with Crippen molar-refractivity contribution in [2.45, 2.75) is 25.5 Å². The van der Waals surface area contributed by atoms with Gasteiger partial charge < -0.3 is 24.1 Å². The van der Waals surface area contributed by atoms with Crippen LogP contribution in [0.15, 0.2) is 34.9 Å². The number of ether oxygens (including phenoxy) is 2. The number of rotatable bonds is 6. The fourth-order valence-corrected chi connectivity index (χ4v) is 2.86. The summed E-state index contributed by atoms with van der Waals surface area (Å²) in [6.45, 7) is 2.07. The van der Waals surface area contributed by atoms with Crippen molar-refractivity contribution in [1.82, 2.24) is 15.2 Å². The first-order valence-corrected chi connectivity index (χ1v) is 8.34. The highest BCUT2D eigenvalue weighted by Crippen LogP contribution is 2.20. The molecule has 1 saturated heterocycles. The van der Waals surface area contributed by atoms with Gasteiger partial charge in [0.25, 0.3) is 5.91 Å². The number of aromatic nitrogens is 1. The number of benzene rings is 1. The van der Waals surface area contributed by atoms with Crippen molar-refractivity contribution in [3.05, 3.63) is 42.1 Å². The second-order valence-corrected chi connectivity index (χ2v) is 6.17. The summed E-state index contributed by atoms with van der Waals surface area (Å²) in [5.41, 5.74) is 0.275. The summed E-state index contributed by atoms with van der Waals surface area (Å²) in [6, 6.07) is 7.42. The zero-order valence-electron chi connectivity index (χ0n) is 14.5. The lowest BCUT2D eigenvalue weighted by Gasteiger charge is -2.29. The number of likely N-dealkylation sites (tertiary alicyclic amines) is 1. The van der Waals surface area contributed by atoms with Crippen LogP contribution in [0.25, 0.3) is 0 Å². The van der Waals surface area contributed by atoms with Crippen molar-refractivity contribution in [3.8, 4) is 11.5 Å². The van der Waals surface area contributed by atoms with Gasteiger partial charge in [-0.2, -0.15) is 0 Å². The first-order chi connectivity index (χ1) is 12.1. The Hall–Kier alpha value is -2.54. The Balaban J connectivity index is 1.53. The van der Waals surface area contributed by atoms with Gasteiger partial charge in [0, 0.05) is 18.7 Å². The van der Waals surface area contributed by atoms with E-state index in [1.807, 2.05) is 18.2 Å². The average molecular weight is 345 g/mol. The number of likely N-dealkylation sites (N-methyl/N-ethyl adjacent to an activating group) is 1. The van der Waals surface area contributed by atoms with Crippen molar-refractivity contribution >= 4 is 5.91 Å². The number of oxazole rings is 1. The number of hydrogen-bond acceptors (Lipinski definition) is 6. The third-order valence-corrected chi connectivity index (χ3v) is 4.15. The Morgan fingerprint density at radius 1 is 1.44 bits per heavy atom. The van der Waals surface area contributed by atoms with E-state index in [0.29, 0.717) is 17.4 Å². The molecule has 1 N–H and O–H groups in total. The van der Waals surface area contributed by atoms with E-state index in [4.69, 9.17) is 13.9 Å². The van der Waals surface area contributed by atoms with Crippen LogP contribution in [0.5, 0.6) is 11.5 Å². The predicted octanol–water partition coefficient (Wildman–Crippen LogP) is 2.09. The fraction of sp³-hybridized carbons (Fsp3) is 0.444. The minimum atomic E-state index is -0.211. The molecule has 7 heteroatoms. The number of nitrogens with one attached hydrogen (secondary N) is 1. The maximum Gasteiger partial charge on any atom is 0.273 e. The molecule has 1 amide bonds. The summed E-state index contributed by atoms with van der Waals surface area (Å²) in [5.74, 6) is 1.50. The van der Waals surface area contributed by atoms with Crippen molar-refractivity contribution in [2.75, 3.05) is 27.2 Å². The molecule has 1 aromatic heterocycles. The SMILES string of the molecule is COc1cccc(OCc2nc(C(=O)NC3CCCN(C)C3)co2)c1. The molecule has 1 aliphatic rings. The molecule has 1 unspecified atom stereocenters. The van der Waals surface area contributed by atoms with E-state index in [1.54, 1.807) is 13.2 Å². The zero-order chi connectivity index (χ0) is 17.6. The molecule has 2 heterocycles. The number of nitrogens with zero attached hydrogens (tertiary/aromatic N) is 2. The molecule has 0 aliphatic carbocycles. The standard InChI is InChI=1S/C18H23N3O4/c1-21-8-4-5-13(10-21)19-18(22)16-11-25-17(20-16)12-24-15-7-3-6-14(9-15)23-2/h3,6-7,9,11,13H,4-5,8,10,12H2,1-2H3,(H,19,22). The van der Waals surface area contributed by atoms with E-state index >= 15 is 0 Å². The van der Waals surface area contributed by atoms with Crippen molar-refractivity contribution in [2.24, 2.45) is 0 Å². The van der Waals surface area contributed by atoms with Crippen molar-refractivity contribution in [3.63, 3.8) is 0 Å². The maximum absolute atomic E-state index is 12.3. The Bertz CT molecular complexity index is 716. The lowest BCUT2D eigenvalue weighted by Crippen LogP contribution is -2.46. The molecule has 1 atom stereocenters. The van der Waals surface area contributed by atoms with Gasteiger partial charge in [-0.25, -0.2) is 4.98 Å². The molecule has 1 fully saturated rings. The third kappa shape index (κ3) is 4.73. The van der Waals surface area contributed by atoms with Crippen LogP contribution in [-0.4, -0.2) is 49.1 Å². The first kappa shape index (κ1) is 17.3. The molecule has 3 rings (SSSR count). The topological polar surface area (TPSA) is 76.8 Å². The van der Waals surface area contributed by atoms with Crippen LogP contribution in [0.2, 0.25) is 0 Å². The Kier molecular flexibility index (Phi) is 5.55. The lowest BCUT2D eigenvalue weighted by atomic mass is 10.1. The largest absolute Gasteiger partial charge is 0.497 e. The average Bonchev–Trinajstić information content (AvgIpc) is 3.09. The minimum Gasteiger partial charge on any atom is -0.497 e. The Morgan fingerprint density at radius 3 is 3.08 bits per heavy atom. The quantitative estimate of drug-likeness (QED) is 0.864. The number of carbonyl (C=O) groups excluding carboxylic acids is 1. The number of methoxy groups -OCH3 is 1. The van der Waals surface area contributed by atoms with E-state index in [-0.39, 0.29) is 24.2 Å². The summed E-state index contributed by atoms with van der Waals surface area (Å²) >= 11 is 0. The smallest absolute Gasteiger partial charge is 0.273 e. The monoisotopic (exact) mass is 345 g/mol. The molecule has 0 bridgehead atoms. The third-order valence-electron chi connectivity index (χ3n) is 4.15. The molecule has 2 aromatic rings. The van der Waals surface area contributed by atoms with E-state index in [1.165, 1.54) is 6.26 Å². The van der Waals surface area contributed by atoms with Crippen LogP contribution in [0.3, 0.4) is 0 Å². The fourth-order valence-electron chi connectivity index (χ4n) is 2.86. The lowest BCUT2D eigenvalue weighted by molar-refractivity contribution is 0.0907. The molecule has 0 spiro atoms. The summed E-state index contributed by atoms with van der Waals surface area (Å²) in [6.07, 6.45) is 3.44. The van der Waals surface area contributed by atoms with Crippen LogP contribution >= 0.6 is 0 Å². The van der Waals surface area contributed by atoms with Gasteiger partial charge in [0.05, 0.1) is 7.11 Å². The van der Waals surface area contributed by atoms with E-state index in [0.717, 1.165) is 25.9 Å². The van der Waals surface area contributed by atoms with Gasteiger partial charge in [-0.05, 0) is 38.6 Å². The molecule has 134 valence electrons. The Labute approximate surface area is 146 Å². The molecular formula is C18H23N3O4. The Morgan fingerprint density at radius 2 is 2.28 bits per heavy atom. The minimum absolute atomic E-state index is 0.145. The van der Waals surface area contributed by atoms with E-state index < -0.39 is 0 Å².